The molecule has 0 aliphatic carbocycles. The molecule has 3 heteroatoms. The van der Waals surface area contributed by atoms with Gasteiger partial charge in [-0.25, -0.2) is 0 Å². The SMILES string of the molecule is COCC(O)(c1cccc2cccnc12)C(C)C. The molecule has 2 rings (SSSR count). The second-order valence-corrected chi connectivity index (χ2v) is 4.89. The maximum absolute atomic E-state index is 10.9. The smallest absolute Gasteiger partial charge is 0.117 e. The molecule has 0 saturated carbocycles. The van der Waals surface area contributed by atoms with Crippen molar-refractivity contribution in [3.05, 3.63) is 42.1 Å². The molecule has 96 valence electrons. The molecule has 0 aliphatic heterocycles. The molecule has 0 radical (unpaired) electrons. The highest BCUT2D eigenvalue weighted by Gasteiger charge is 2.35. The molecule has 1 aromatic carbocycles. The zero-order valence-corrected chi connectivity index (χ0v) is 11.1. The lowest BCUT2D eigenvalue weighted by atomic mass is 9.83. The van der Waals surface area contributed by atoms with Crippen molar-refractivity contribution in [3.63, 3.8) is 0 Å². The van der Waals surface area contributed by atoms with Gasteiger partial charge in [-0.15, -0.1) is 0 Å². The Labute approximate surface area is 107 Å². The van der Waals surface area contributed by atoms with E-state index in [1.165, 1.54) is 0 Å². The standard InChI is InChI=1S/C15H19NO2/c1-11(2)15(17,10-18-3)13-8-4-6-12-7-5-9-16-14(12)13/h4-9,11,17H,10H2,1-3H3. The van der Waals surface area contributed by atoms with Crippen LogP contribution in [0.15, 0.2) is 36.5 Å². The first-order valence-electron chi connectivity index (χ1n) is 6.15. The fourth-order valence-electron chi connectivity index (χ4n) is 2.23. The summed E-state index contributed by atoms with van der Waals surface area (Å²) in [5.74, 6) is 0.0463. The molecule has 1 heterocycles. The lowest BCUT2D eigenvalue weighted by Gasteiger charge is -2.32. The Hall–Kier alpha value is -1.45. The summed E-state index contributed by atoms with van der Waals surface area (Å²) in [5.41, 5.74) is 0.661. The van der Waals surface area contributed by atoms with E-state index in [9.17, 15) is 5.11 Å². The number of para-hydroxylation sites is 1. The molecule has 0 spiro atoms. The molecule has 1 atom stereocenters. The minimum absolute atomic E-state index is 0.0463. The Kier molecular flexibility index (Phi) is 3.64. The van der Waals surface area contributed by atoms with E-state index in [0.717, 1.165) is 16.5 Å². The second-order valence-electron chi connectivity index (χ2n) is 4.89. The van der Waals surface area contributed by atoms with Crippen molar-refractivity contribution in [3.8, 4) is 0 Å². The van der Waals surface area contributed by atoms with Crippen LogP contribution in [-0.4, -0.2) is 23.8 Å². The van der Waals surface area contributed by atoms with E-state index < -0.39 is 5.60 Å². The van der Waals surface area contributed by atoms with Crippen molar-refractivity contribution in [1.29, 1.82) is 0 Å². The highest BCUT2D eigenvalue weighted by molar-refractivity contribution is 5.82. The average molecular weight is 245 g/mol. The molecular weight excluding hydrogens is 226 g/mol. The summed E-state index contributed by atoms with van der Waals surface area (Å²) in [6, 6.07) is 9.77. The predicted octanol–water partition coefficient (Wildman–Crippen LogP) is 2.72. The van der Waals surface area contributed by atoms with Crippen LogP contribution in [0.5, 0.6) is 0 Å². The van der Waals surface area contributed by atoms with Crippen molar-refractivity contribution >= 4 is 10.9 Å². The van der Waals surface area contributed by atoms with Crippen molar-refractivity contribution in [2.45, 2.75) is 19.4 Å². The van der Waals surface area contributed by atoms with E-state index in [1.54, 1.807) is 13.3 Å². The number of pyridine rings is 1. The lowest BCUT2D eigenvalue weighted by Crippen LogP contribution is -2.37. The van der Waals surface area contributed by atoms with E-state index in [0.29, 0.717) is 0 Å². The number of nitrogens with zero attached hydrogens (tertiary/aromatic N) is 1. The van der Waals surface area contributed by atoms with Crippen LogP contribution < -0.4 is 0 Å². The molecule has 0 fully saturated rings. The third-order valence-electron chi connectivity index (χ3n) is 3.42. The number of rotatable bonds is 4. The van der Waals surface area contributed by atoms with Crippen LogP contribution in [0.25, 0.3) is 10.9 Å². The lowest BCUT2D eigenvalue weighted by molar-refractivity contribution is -0.0690. The van der Waals surface area contributed by atoms with Crippen molar-refractivity contribution in [2.75, 3.05) is 13.7 Å². The van der Waals surface area contributed by atoms with Crippen LogP contribution in [-0.2, 0) is 10.3 Å². The summed E-state index contributed by atoms with van der Waals surface area (Å²) >= 11 is 0. The number of hydrogen-bond acceptors (Lipinski definition) is 3. The highest BCUT2D eigenvalue weighted by atomic mass is 16.5. The average Bonchev–Trinajstić information content (AvgIpc) is 2.38. The van der Waals surface area contributed by atoms with E-state index in [2.05, 4.69) is 4.98 Å². The van der Waals surface area contributed by atoms with Crippen molar-refractivity contribution in [2.24, 2.45) is 5.92 Å². The Morgan fingerprint density at radius 3 is 2.67 bits per heavy atom. The van der Waals surface area contributed by atoms with Crippen LogP contribution >= 0.6 is 0 Å². The van der Waals surface area contributed by atoms with E-state index in [-0.39, 0.29) is 12.5 Å². The maximum atomic E-state index is 10.9. The summed E-state index contributed by atoms with van der Waals surface area (Å²) in [6.45, 7) is 4.24. The van der Waals surface area contributed by atoms with Gasteiger partial charge in [0.05, 0.1) is 12.1 Å². The summed E-state index contributed by atoms with van der Waals surface area (Å²) in [6.07, 6.45) is 1.75. The molecule has 1 aromatic heterocycles. The summed E-state index contributed by atoms with van der Waals surface area (Å²) in [5, 5.41) is 11.9. The Morgan fingerprint density at radius 2 is 2.00 bits per heavy atom. The molecule has 3 nitrogen and oxygen atoms in total. The summed E-state index contributed by atoms with van der Waals surface area (Å²) in [7, 11) is 1.60. The van der Waals surface area contributed by atoms with Crippen molar-refractivity contribution < 1.29 is 9.84 Å². The van der Waals surface area contributed by atoms with Gasteiger partial charge in [-0.05, 0) is 12.0 Å². The van der Waals surface area contributed by atoms with Crippen LogP contribution in [0.1, 0.15) is 19.4 Å². The van der Waals surface area contributed by atoms with Crippen LogP contribution in [0.2, 0.25) is 0 Å². The molecule has 0 bridgehead atoms. The molecule has 2 aromatic rings. The van der Waals surface area contributed by atoms with Crippen LogP contribution in [0.3, 0.4) is 0 Å². The molecule has 0 aliphatic rings. The maximum Gasteiger partial charge on any atom is 0.117 e. The number of benzene rings is 1. The van der Waals surface area contributed by atoms with Gasteiger partial charge in [0.25, 0.3) is 0 Å². The minimum atomic E-state index is -1.01. The monoisotopic (exact) mass is 245 g/mol. The van der Waals surface area contributed by atoms with Gasteiger partial charge in [-0.1, -0.05) is 38.1 Å². The first-order chi connectivity index (χ1) is 8.59. The molecule has 18 heavy (non-hydrogen) atoms. The minimum Gasteiger partial charge on any atom is -0.382 e. The summed E-state index contributed by atoms with van der Waals surface area (Å²) < 4.78 is 5.19. The fraction of sp³-hybridized carbons (Fsp3) is 0.400. The molecule has 0 saturated heterocycles. The fourth-order valence-corrected chi connectivity index (χ4v) is 2.23. The van der Waals surface area contributed by atoms with Gasteiger partial charge in [-0.3, -0.25) is 4.98 Å². The third kappa shape index (κ3) is 2.11. The number of fused-ring (bicyclic) bond motifs is 1. The largest absolute Gasteiger partial charge is 0.382 e. The number of ether oxygens (including phenoxy) is 1. The second kappa shape index (κ2) is 5.04. The number of hydrogen-bond donors (Lipinski definition) is 1. The molecular formula is C15H19NO2. The van der Waals surface area contributed by atoms with Gasteiger partial charge in [0.1, 0.15) is 5.60 Å². The van der Waals surface area contributed by atoms with Crippen LogP contribution in [0, 0.1) is 5.92 Å². The van der Waals surface area contributed by atoms with Gasteiger partial charge in [0, 0.05) is 24.3 Å². The summed E-state index contributed by atoms with van der Waals surface area (Å²) in [4.78, 5) is 4.40. The van der Waals surface area contributed by atoms with Gasteiger partial charge in [0.2, 0.25) is 0 Å². The van der Waals surface area contributed by atoms with E-state index in [1.807, 2.05) is 44.2 Å². The van der Waals surface area contributed by atoms with Gasteiger partial charge >= 0.3 is 0 Å². The quantitative estimate of drug-likeness (QED) is 0.900. The number of aromatic nitrogens is 1. The van der Waals surface area contributed by atoms with Gasteiger partial charge < -0.3 is 9.84 Å². The molecule has 0 amide bonds. The third-order valence-corrected chi connectivity index (χ3v) is 3.42. The number of aliphatic hydroxyl groups is 1. The highest BCUT2D eigenvalue weighted by Crippen LogP contribution is 2.33. The number of methoxy groups -OCH3 is 1. The normalized spacial score (nSPS) is 14.9. The zero-order chi connectivity index (χ0) is 13.2. The van der Waals surface area contributed by atoms with Crippen molar-refractivity contribution in [1.82, 2.24) is 4.98 Å². The Bertz CT molecular complexity index is 534. The topological polar surface area (TPSA) is 42.4 Å². The van der Waals surface area contributed by atoms with Gasteiger partial charge in [-0.2, -0.15) is 0 Å². The van der Waals surface area contributed by atoms with E-state index >= 15 is 0 Å². The van der Waals surface area contributed by atoms with Gasteiger partial charge in [0.15, 0.2) is 0 Å². The first-order valence-corrected chi connectivity index (χ1v) is 6.15. The molecule has 1 N–H and O–H groups in total. The molecule has 1 unspecified atom stereocenters. The zero-order valence-electron chi connectivity index (χ0n) is 11.1. The van der Waals surface area contributed by atoms with E-state index in [4.69, 9.17) is 4.74 Å². The first kappa shape index (κ1) is 13.0. The predicted molar refractivity (Wildman–Crippen MR) is 72.4 cm³/mol. The Morgan fingerprint density at radius 1 is 1.28 bits per heavy atom. The van der Waals surface area contributed by atoms with Crippen LogP contribution in [0.4, 0.5) is 0 Å². The Balaban J connectivity index is 2.64.